The molecule has 0 aliphatic rings. The van der Waals surface area contributed by atoms with E-state index in [2.05, 4.69) is 0 Å². The maximum atomic E-state index is 8.82. The van der Waals surface area contributed by atoms with Gasteiger partial charge in [0.2, 0.25) is 0 Å². The Kier molecular flexibility index (Phi) is 21.9. The molecule has 0 aliphatic heterocycles. The summed E-state index contributed by atoms with van der Waals surface area (Å²) < 4.78 is 95.6. The van der Waals surface area contributed by atoms with Crippen LogP contribution in [-0.4, -0.2) is 24.9 Å². The van der Waals surface area contributed by atoms with Gasteiger partial charge in [0.05, 0.1) is 0 Å². The van der Waals surface area contributed by atoms with Crippen LogP contribution in [0.25, 0.3) is 0 Å². The third kappa shape index (κ3) is 3710. The van der Waals surface area contributed by atoms with Crippen molar-refractivity contribution in [1.29, 1.82) is 0 Å². The molecule has 0 spiro atoms. The van der Waals surface area contributed by atoms with Gasteiger partial charge in [0.25, 0.3) is 0 Å². The third-order valence-corrected chi connectivity index (χ3v) is 0. The fourth-order valence-electron chi connectivity index (χ4n) is 0. The van der Waals surface area contributed by atoms with E-state index in [-0.39, 0.29) is 19.8 Å². The molecule has 0 aromatic carbocycles. The zero-order chi connectivity index (χ0) is 13.5. The summed E-state index contributed by atoms with van der Waals surface area (Å²) in [6.07, 6.45) is 0. The molecule has 0 amide bonds. The Hall–Kier alpha value is 1.02. The van der Waals surface area contributed by atoms with Crippen molar-refractivity contribution in [2.45, 2.75) is 0 Å². The molecule has 0 aliphatic carbocycles. The quantitative estimate of drug-likeness (QED) is 0.206. The first kappa shape index (κ1) is 30.8. The van der Waals surface area contributed by atoms with Crippen molar-refractivity contribution < 1.29 is 88.6 Å². The minimum atomic E-state index is -5.25. The second-order valence-electron chi connectivity index (χ2n) is 1.34. The van der Waals surface area contributed by atoms with Crippen molar-refractivity contribution in [2.75, 3.05) is 0 Å². The molecule has 0 heterocycles. The van der Waals surface area contributed by atoms with Gasteiger partial charge in [0.1, 0.15) is 0 Å². The molecular weight excluding hydrogens is 410 g/mol. The average Bonchev–Trinajstić information content (AvgIpc) is 1.41. The summed E-state index contributed by atoms with van der Waals surface area (Å²) in [6, 6.07) is 0. The molecule has 0 fully saturated rings. The van der Waals surface area contributed by atoms with Crippen LogP contribution in [0.3, 0.4) is 0 Å². The number of hydrogen-bond acceptors (Lipinski definition) is 6. The first-order valence-corrected chi connectivity index (χ1v) is 8.64. The minimum absolute atomic E-state index is 0. The van der Waals surface area contributed by atoms with E-state index in [1.165, 1.54) is 0 Å². The molecule has 112 valence electrons. The maximum absolute atomic E-state index is 8.82. The van der Waals surface area contributed by atoms with Crippen LogP contribution in [0.2, 0.25) is 0 Å². The van der Waals surface area contributed by atoms with Gasteiger partial charge >= 0.3 is 88.6 Å². The molecule has 2 atom stereocenters. The Bertz CT molecular complexity index is 341. The standard InChI is InChI=1S/3Cr.6H2O.6O.2H3P/h;;;6*1H2;;;;;;;2*1H3/q3*+2;;;;;;;;;;;;;;/p-6. The summed E-state index contributed by atoms with van der Waals surface area (Å²) in [5.74, 6) is 0. The van der Waals surface area contributed by atoms with E-state index in [4.69, 9.17) is 47.8 Å². The Balaban J connectivity index is -0.0000000400. The molecule has 17 heteroatoms. The molecule has 0 saturated carbocycles. The van der Waals surface area contributed by atoms with Gasteiger partial charge in [-0.05, 0) is 0 Å². The van der Waals surface area contributed by atoms with Crippen LogP contribution in [0.5, 0.6) is 0 Å². The van der Waals surface area contributed by atoms with Crippen LogP contribution >= 0.6 is 19.8 Å². The zero-order valence-electron chi connectivity index (χ0n) is 7.77. The van der Waals surface area contributed by atoms with E-state index >= 15 is 0 Å². The molecule has 0 radical (unpaired) electrons. The van der Waals surface area contributed by atoms with Gasteiger partial charge in [-0.2, -0.15) is 19.8 Å². The molecule has 17 heavy (non-hydrogen) atoms. The molecule has 0 saturated heterocycles. The first-order chi connectivity index (χ1) is 6.00. The summed E-state index contributed by atoms with van der Waals surface area (Å²) in [6.45, 7) is 0. The topological polar surface area (TPSA) is 224 Å². The molecule has 6 N–H and O–H groups in total. The summed E-state index contributed by atoms with van der Waals surface area (Å²) >= 11 is -15.8. The fourth-order valence-corrected chi connectivity index (χ4v) is 0. The second kappa shape index (κ2) is 12.1. The van der Waals surface area contributed by atoms with Gasteiger partial charge in [0, 0.05) is 0 Å². The Morgan fingerprint density at radius 3 is 0.412 bits per heavy atom. The second-order valence-corrected chi connectivity index (χ2v) is 5.54. The van der Waals surface area contributed by atoms with Crippen LogP contribution in [0.15, 0.2) is 0 Å². The van der Waals surface area contributed by atoms with Crippen molar-refractivity contribution in [3.8, 4) is 0 Å². The Morgan fingerprint density at radius 1 is 0.412 bits per heavy atom. The molecule has 0 rings (SSSR count). The van der Waals surface area contributed by atoms with Crippen molar-refractivity contribution in [2.24, 2.45) is 0 Å². The van der Waals surface area contributed by atoms with E-state index in [9.17, 15) is 0 Å². The van der Waals surface area contributed by atoms with Gasteiger partial charge in [-0.15, -0.1) is 0 Å². The molecule has 0 bridgehead atoms. The van der Waals surface area contributed by atoms with E-state index in [0.717, 1.165) is 0 Å². The van der Waals surface area contributed by atoms with Crippen LogP contribution in [0.1, 0.15) is 0 Å². The van der Waals surface area contributed by atoms with Gasteiger partial charge < -0.3 is 0 Å². The fraction of sp³-hybridized carbons (Fsp3) is 0. The molecule has 0 aromatic rings. The Morgan fingerprint density at radius 2 is 0.412 bits per heavy atom. The van der Waals surface area contributed by atoms with Crippen molar-refractivity contribution >= 4 is 19.8 Å². The third-order valence-electron chi connectivity index (χ3n) is 0. The molecule has 0 aromatic heterocycles. The van der Waals surface area contributed by atoms with Gasteiger partial charge in [-0.25, -0.2) is 0 Å². The summed E-state index contributed by atoms with van der Waals surface area (Å²) in [7, 11) is 0. The van der Waals surface area contributed by atoms with E-state index in [0.29, 0.717) is 0 Å². The first-order valence-electron chi connectivity index (χ1n) is 2.10. The van der Waals surface area contributed by atoms with Crippen LogP contribution < -0.4 is 0 Å². The van der Waals surface area contributed by atoms with Crippen molar-refractivity contribution in [3.63, 3.8) is 0 Å². The SMILES string of the molecule is P.P.[O]=[Cr](=[O])([OH])[OH].[O]=[Cr](=[O])([OH])[OH].[O]=[Cr](=[O])([OH])[OH]. The van der Waals surface area contributed by atoms with Crippen molar-refractivity contribution in [1.82, 2.24) is 0 Å². The number of rotatable bonds is 0. The Labute approximate surface area is 108 Å². The van der Waals surface area contributed by atoms with E-state index < -0.39 is 40.8 Å². The van der Waals surface area contributed by atoms with E-state index in [1.54, 1.807) is 0 Å². The van der Waals surface area contributed by atoms with E-state index in [1.807, 2.05) is 0 Å². The van der Waals surface area contributed by atoms with Gasteiger partial charge in [-0.3, -0.25) is 0 Å². The molecular formula is H12Cr3O12P2. The predicted octanol–water partition coefficient (Wildman–Crippen LogP) is -3.95. The van der Waals surface area contributed by atoms with Crippen molar-refractivity contribution in [3.05, 3.63) is 0 Å². The summed E-state index contributed by atoms with van der Waals surface area (Å²) in [4.78, 5) is 0. The van der Waals surface area contributed by atoms with Gasteiger partial charge in [0.15, 0.2) is 0 Å². The zero-order valence-corrected chi connectivity index (χ0v) is 14.4. The van der Waals surface area contributed by atoms with Crippen LogP contribution in [-0.2, 0) is 63.7 Å². The monoisotopic (exact) mass is 422 g/mol. The molecule has 12 nitrogen and oxygen atoms in total. The van der Waals surface area contributed by atoms with Crippen LogP contribution in [0.4, 0.5) is 0 Å². The molecule has 2 unspecified atom stereocenters. The predicted molar refractivity (Wildman–Crippen MR) is 39.6 cm³/mol. The van der Waals surface area contributed by atoms with Crippen LogP contribution in [0, 0.1) is 0 Å². The van der Waals surface area contributed by atoms with Gasteiger partial charge in [-0.1, -0.05) is 0 Å². The summed E-state index contributed by atoms with van der Waals surface area (Å²) in [5.41, 5.74) is 0. The summed E-state index contributed by atoms with van der Waals surface area (Å²) in [5, 5.41) is 0. The number of hydrogen-bond donors (Lipinski definition) is 6. The normalized spacial score (nSPS) is 10.2. The average molecular weight is 422 g/mol.